The van der Waals surface area contributed by atoms with E-state index in [1.54, 1.807) is 0 Å². The summed E-state index contributed by atoms with van der Waals surface area (Å²) in [6.45, 7) is 10.1. The molecule has 0 aliphatic heterocycles. The summed E-state index contributed by atoms with van der Waals surface area (Å²) < 4.78 is 0. The summed E-state index contributed by atoms with van der Waals surface area (Å²) in [7, 11) is 0. The van der Waals surface area contributed by atoms with E-state index < -0.39 is 5.97 Å². The van der Waals surface area contributed by atoms with Crippen LogP contribution in [0.3, 0.4) is 0 Å². The maximum absolute atomic E-state index is 10.2. The Labute approximate surface area is 188 Å². The monoisotopic (exact) mass is 434 g/mol. The molecule has 30 heavy (non-hydrogen) atoms. The van der Waals surface area contributed by atoms with Crippen molar-refractivity contribution in [2.75, 3.05) is 26.2 Å². The Morgan fingerprint density at radius 1 is 0.667 bits per heavy atom. The Hall–Kier alpha value is -0.690. The fourth-order valence-corrected chi connectivity index (χ4v) is 3.34. The van der Waals surface area contributed by atoms with Crippen molar-refractivity contribution >= 4 is 5.97 Å². The van der Waals surface area contributed by atoms with Gasteiger partial charge < -0.3 is 32.8 Å². The van der Waals surface area contributed by atoms with Gasteiger partial charge in [-0.2, -0.15) is 0 Å². The minimum atomic E-state index is -0.903. The van der Waals surface area contributed by atoms with E-state index in [0.717, 1.165) is 32.5 Å². The summed E-state index contributed by atoms with van der Waals surface area (Å²) in [5.74, 6) is -0.903. The number of carbonyl (C=O) groups excluding carboxylic acids is 1. The topological polar surface area (TPSA) is 140 Å². The van der Waals surface area contributed by atoms with Crippen molar-refractivity contribution in [2.24, 2.45) is 0 Å². The smallest absolute Gasteiger partial charge is 0.0414 e. The van der Waals surface area contributed by atoms with Crippen LogP contribution in [0.5, 0.6) is 0 Å². The van der Waals surface area contributed by atoms with E-state index in [1.165, 1.54) is 83.5 Å². The lowest BCUT2D eigenvalue weighted by Crippen LogP contribution is -2.25. The number of carboxylic acid groups (broad SMARTS) is 1. The lowest BCUT2D eigenvalue weighted by atomic mass is 10.0. The van der Waals surface area contributed by atoms with Crippen LogP contribution in [-0.2, 0) is 4.79 Å². The molecule has 0 rings (SSSR count). The van der Waals surface area contributed by atoms with Crippen molar-refractivity contribution in [3.05, 3.63) is 5.73 Å². The number of hydrogen-bond acceptors (Lipinski definition) is 3. The van der Waals surface area contributed by atoms with Gasteiger partial charge in [0.1, 0.15) is 0 Å². The average Bonchev–Trinajstić information content (AvgIpc) is 2.69. The normalized spacial score (nSPS) is 10.0. The summed E-state index contributed by atoms with van der Waals surface area (Å²) in [6, 6.07) is 0. The van der Waals surface area contributed by atoms with E-state index in [9.17, 15) is 9.90 Å². The van der Waals surface area contributed by atoms with E-state index in [0.29, 0.717) is 6.54 Å². The second-order valence-electron chi connectivity index (χ2n) is 7.85. The van der Waals surface area contributed by atoms with E-state index in [2.05, 4.69) is 25.7 Å². The van der Waals surface area contributed by atoms with Crippen LogP contribution in [0.25, 0.3) is 5.73 Å². The molecule has 0 saturated heterocycles. The van der Waals surface area contributed by atoms with Crippen LogP contribution in [-0.4, -0.2) is 37.0 Å². The fourth-order valence-electron chi connectivity index (χ4n) is 3.34. The van der Waals surface area contributed by atoms with Gasteiger partial charge in [-0.3, -0.25) is 0 Å². The van der Waals surface area contributed by atoms with Gasteiger partial charge in [-0.15, -0.1) is 6.54 Å². The lowest BCUT2D eigenvalue weighted by Gasteiger charge is -2.18. The van der Waals surface area contributed by atoms with Gasteiger partial charge >= 0.3 is 0 Å². The van der Waals surface area contributed by atoms with Gasteiger partial charge in [0, 0.05) is 5.97 Å². The van der Waals surface area contributed by atoms with E-state index >= 15 is 0 Å². The standard InChI is InChI=1S/C18H36O2.C6H15N2.2H3N/c1-2-3-4-5-6-7-8-9-10-11-12-13-14-15-16-17-18(19)20;1-3-8(4-2)6-5-7;;/h2-17H2,1H3,(H,19,20);7H,3-6H2,1-2H3;2*1H3/q;-1;;/p+1. The number of nitrogens with one attached hydrogen (secondary N) is 1. The molecule has 0 spiro atoms. The van der Waals surface area contributed by atoms with Crippen LogP contribution in [0.4, 0.5) is 0 Å². The second-order valence-corrected chi connectivity index (χ2v) is 7.85. The van der Waals surface area contributed by atoms with Gasteiger partial charge in [-0.1, -0.05) is 111 Å². The first kappa shape index (κ1) is 36.7. The molecule has 0 amide bonds. The number of likely N-dealkylation sites (N-methyl/N-ethyl adjacent to an activating group) is 1. The van der Waals surface area contributed by atoms with Gasteiger partial charge in [-0.25, -0.2) is 0 Å². The highest BCUT2D eigenvalue weighted by molar-refractivity contribution is 5.63. The third-order valence-corrected chi connectivity index (χ3v) is 5.31. The number of hydrogen-bond donors (Lipinski definition) is 2. The average molecular weight is 435 g/mol. The molecule has 0 aromatic heterocycles. The fraction of sp³-hybridized carbons (Fsp3) is 0.958. The summed E-state index contributed by atoms with van der Waals surface area (Å²) in [6.07, 6.45) is 19.9. The van der Waals surface area contributed by atoms with Gasteiger partial charge in [0.05, 0.1) is 0 Å². The van der Waals surface area contributed by atoms with Crippen LogP contribution in [0.1, 0.15) is 124 Å². The number of carbonyl (C=O) groups is 1. The molecule has 0 aliphatic rings. The van der Waals surface area contributed by atoms with Crippen LogP contribution in [0.2, 0.25) is 0 Å². The van der Waals surface area contributed by atoms with Crippen molar-refractivity contribution in [3.8, 4) is 0 Å². The Morgan fingerprint density at radius 2 is 1.00 bits per heavy atom. The van der Waals surface area contributed by atoms with Gasteiger partial charge in [0.25, 0.3) is 0 Å². The molecule has 0 saturated carbocycles. The maximum atomic E-state index is 10.2. The first-order valence-corrected chi connectivity index (χ1v) is 12.2. The summed E-state index contributed by atoms with van der Waals surface area (Å²) >= 11 is 0. The van der Waals surface area contributed by atoms with Gasteiger partial charge in [0.15, 0.2) is 0 Å². The number of rotatable bonds is 20. The van der Waals surface area contributed by atoms with E-state index in [-0.39, 0.29) is 18.7 Å². The van der Waals surface area contributed by atoms with Gasteiger partial charge in [-0.05, 0) is 32.5 Å². The number of aliphatic carboxylic acids is 1. The molecule has 9 N–H and O–H groups in total. The largest absolute Gasteiger partial charge is 0.676 e. The molecule has 0 fully saturated rings. The quantitative estimate of drug-likeness (QED) is 0.197. The third-order valence-electron chi connectivity index (χ3n) is 5.31. The zero-order valence-corrected chi connectivity index (χ0v) is 21.4. The van der Waals surface area contributed by atoms with Crippen molar-refractivity contribution in [1.29, 1.82) is 0 Å². The van der Waals surface area contributed by atoms with Gasteiger partial charge in [0.2, 0.25) is 0 Å². The predicted octanol–water partition coefficient (Wildman–Crippen LogP) is 7.13. The summed E-state index contributed by atoms with van der Waals surface area (Å²) in [5, 5.41) is 10.2. The Morgan fingerprint density at radius 3 is 1.23 bits per heavy atom. The van der Waals surface area contributed by atoms with Crippen LogP contribution >= 0.6 is 0 Å². The molecular formula is C24H58N4O2. The molecule has 0 atom stereocenters. The predicted molar refractivity (Wildman–Crippen MR) is 133 cm³/mol. The molecule has 0 aliphatic carbocycles. The number of nitrogens with zero attached hydrogens (tertiary/aromatic N) is 1. The molecule has 0 unspecified atom stereocenters. The summed E-state index contributed by atoms with van der Waals surface area (Å²) in [5.41, 5.74) is 6.90. The molecule has 6 heteroatoms. The molecule has 0 radical (unpaired) electrons. The first-order valence-electron chi connectivity index (χ1n) is 12.2. The van der Waals surface area contributed by atoms with Crippen LogP contribution in [0.15, 0.2) is 0 Å². The Bertz CT molecular complexity index is 301. The number of unbranched alkanes of at least 4 members (excludes halogenated alkanes) is 14. The Balaban J connectivity index is -0.000000288. The van der Waals surface area contributed by atoms with Crippen molar-refractivity contribution in [2.45, 2.75) is 124 Å². The second kappa shape index (κ2) is 33.0. The minimum absolute atomic E-state index is 0. The molecule has 0 aromatic carbocycles. The Kier molecular flexibility index (Phi) is 40.3. The maximum Gasteiger partial charge on any atom is 0.0414 e. The van der Waals surface area contributed by atoms with Crippen LogP contribution < -0.4 is 17.4 Å². The highest BCUT2D eigenvalue weighted by Crippen LogP contribution is 2.13. The van der Waals surface area contributed by atoms with E-state index in [1.807, 2.05) is 0 Å². The highest BCUT2D eigenvalue weighted by Gasteiger charge is 1.94. The summed E-state index contributed by atoms with van der Waals surface area (Å²) in [4.78, 5) is 12.5. The highest BCUT2D eigenvalue weighted by atomic mass is 16.4. The molecule has 0 bridgehead atoms. The first-order chi connectivity index (χ1) is 13.6. The van der Waals surface area contributed by atoms with Crippen molar-refractivity contribution in [3.63, 3.8) is 0 Å². The number of carboxylic acids is 1. The molecule has 6 nitrogen and oxygen atoms in total. The molecular weight excluding hydrogens is 376 g/mol. The third kappa shape index (κ3) is 34.8. The SMILES string of the molecule is CCCCCCCCCCCCCCCCCC(=O)[O-].CCN(CC)CC[NH-].[NH4+].[NH4+]. The minimum Gasteiger partial charge on any atom is -0.676 e. The zero-order chi connectivity index (χ0) is 21.3. The molecule has 0 heterocycles. The number of quaternary nitrogens is 2. The molecule has 186 valence electrons. The van der Waals surface area contributed by atoms with Crippen molar-refractivity contribution in [1.82, 2.24) is 17.2 Å². The van der Waals surface area contributed by atoms with E-state index in [4.69, 9.17) is 5.73 Å². The van der Waals surface area contributed by atoms with Crippen LogP contribution in [0, 0.1) is 0 Å². The zero-order valence-electron chi connectivity index (χ0n) is 21.4. The van der Waals surface area contributed by atoms with Crippen molar-refractivity contribution < 1.29 is 9.90 Å². The lowest BCUT2D eigenvalue weighted by molar-refractivity contribution is -0.305. The molecule has 0 aromatic rings.